The Morgan fingerprint density at radius 2 is 1.00 bits per heavy atom. The van der Waals surface area contributed by atoms with Gasteiger partial charge in [-0.1, -0.05) is 0 Å². The summed E-state index contributed by atoms with van der Waals surface area (Å²) in [6.07, 6.45) is -7.16. The second kappa shape index (κ2) is 5.99. The molecule has 0 aliphatic carbocycles. The van der Waals surface area contributed by atoms with E-state index < -0.39 is 33.4 Å². The molecule has 0 aliphatic rings. The summed E-state index contributed by atoms with van der Waals surface area (Å²) >= 11 is 0. The third-order valence-corrected chi connectivity index (χ3v) is 2.31. The summed E-state index contributed by atoms with van der Waals surface area (Å²) in [6.45, 7) is 0. The predicted molar refractivity (Wildman–Crippen MR) is 36.3 cm³/mol. The SMILES string of the molecule is O=S(=O)([O-])C(F)(F)C(F)(F)C(F)(F)C(F)(F)F.[Cl-].[Mg+2]. The van der Waals surface area contributed by atoms with Crippen LogP contribution in [-0.4, -0.2) is 59.3 Å². The van der Waals surface area contributed by atoms with Gasteiger partial charge in [0, 0.05) is 0 Å². The van der Waals surface area contributed by atoms with Crippen LogP contribution in [0.1, 0.15) is 0 Å². The van der Waals surface area contributed by atoms with E-state index in [0.29, 0.717) is 0 Å². The topological polar surface area (TPSA) is 57.2 Å². The normalized spacial score (nSPS) is 14.4. The average Bonchev–Trinajstić information content (AvgIpc) is 1.98. The first-order chi connectivity index (χ1) is 7.00. The Hall–Kier alpha value is 0.336. The molecule has 0 bridgehead atoms. The van der Waals surface area contributed by atoms with E-state index in [1.165, 1.54) is 0 Å². The Morgan fingerprint density at radius 3 is 1.16 bits per heavy atom. The van der Waals surface area contributed by atoms with E-state index in [2.05, 4.69) is 0 Å². The predicted octanol–water partition coefficient (Wildman–Crippen LogP) is -1.42. The maximum absolute atomic E-state index is 12.2. The van der Waals surface area contributed by atoms with Crippen molar-refractivity contribution < 1.29 is 64.9 Å². The third-order valence-electron chi connectivity index (χ3n) is 1.43. The van der Waals surface area contributed by atoms with Gasteiger partial charge in [0.1, 0.15) is 0 Å². The maximum Gasteiger partial charge on any atom is 2.00 e. The van der Waals surface area contributed by atoms with Crippen molar-refractivity contribution in [3.05, 3.63) is 0 Å². The molecule has 0 unspecified atom stereocenters. The van der Waals surface area contributed by atoms with Gasteiger partial charge < -0.3 is 17.0 Å². The number of hydrogen-bond donors (Lipinski definition) is 0. The molecule has 0 aromatic heterocycles. The van der Waals surface area contributed by atoms with Crippen molar-refractivity contribution in [2.45, 2.75) is 23.3 Å². The van der Waals surface area contributed by atoms with Crippen molar-refractivity contribution in [3.8, 4) is 0 Å². The molecule has 3 nitrogen and oxygen atoms in total. The molecular weight excluding hydrogens is 359 g/mol. The van der Waals surface area contributed by atoms with Crippen molar-refractivity contribution in [1.29, 1.82) is 0 Å². The van der Waals surface area contributed by atoms with Crippen LogP contribution in [0, 0.1) is 0 Å². The molecule has 0 saturated heterocycles. The Balaban J connectivity index is -0.00000128. The maximum atomic E-state index is 12.2. The zero-order chi connectivity index (χ0) is 14.5. The fourth-order valence-corrected chi connectivity index (χ4v) is 0.960. The average molecular weight is 359 g/mol. The fourth-order valence-electron chi connectivity index (χ4n) is 0.518. The minimum atomic E-state index is -7.43. The number of hydrogen-bond acceptors (Lipinski definition) is 3. The van der Waals surface area contributed by atoms with Crippen molar-refractivity contribution in [3.63, 3.8) is 0 Å². The van der Waals surface area contributed by atoms with E-state index in [4.69, 9.17) is 0 Å². The van der Waals surface area contributed by atoms with Gasteiger partial charge in [-0.2, -0.15) is 39.5 Å². The first kappa shape index (κ1) is 24.4. The van der Waals surface area contributed by atoms with E-state index in [0.717, 1.165) is 0 Å². The molecule has 19 heavy (non-hydrogen) atoms. The molecule has 0 atom stereocenters. The molecule has 112 valence electrons. The van der Waals surface area contributed by atoms with E-state index in [1.807, 2.05) is 0 Å². The van der Waals surface area contributed by atoms with Crippen molar-refractivity contribution in [2.24, 2.45) is 0 Å². The molecule has 0 spiro atoms. The van der Waals surface area contributed by atoms with Crippen LogP contribution in [0.5, 0.6) is 0 Å². The van der Waals surface area contributed by atoms with Gasteiger partial charge in [0.15, 0.2) is 10.1 Å². The first-order valence-corrected chi connectivity index (χ1v) is 4.56. The van der Waals surface area contributed by atoms with E-state index in [9.17, 15) is 52.5 Å². The molecule has 15 heteroatoms. The summed E-state index contributed by atoms with van der Waals surface area (Å²) in [6, 6.07) is 0. The van der Waals surface area contributed by atoms with Gasteiger partial charge in [-0.15, -0.1) is 0 Å². The number of halogens is 10. The zero-order valence-corrected chi connectivity index (χ0v) is 11.1. The Morgan fingerprint density at radius 1 is 0.737 bits per heavy atom. The molecule has 0 heterocycles. The minimum absolute atomic E-state index is 0. The van der Waals surface area contributed by atoms with E-state index >= 15 is 0 Å². The number of alkyl halides is 9. The standard InChI is InChI=1S/C4HF9O3S.ClH.Mg/c5-1(6,3(9,10)11)2(7,8)4(12,13)17(14,15)16;;/h(H,14,15,16);1H;/q;;+2/p-2. The second-order valence-corrected chi connectivity index (χ2v) is 4.04. The van der Waals surface area contributed by atoms with Crippen LogP contribution >= 0.6 is 0 Å². The third kappa shape index (κ3) is 3.71. The quantitative estimate of drug-likeness (QED) is 0.353. The Bertz CT molecular complexity index is 404. The van der Waals surface area contributed by atoms with Gasteiger partial charge in [0.25, 0.3) is 0 Å². The zero-order valence-electron chi connectivity index (χ0n) is 8.12. The van der Waals surface area contributed by atoms with Gasteiger partial charge in [-0.3, -0.25) is 0 Å². The Labute approximate surface area is 121 Å². The first-order valence-electron chi connectivity index (χ1n) is 3.15. The Kier molecular flexibility index (Phi) is 7.68. The molecule has 0 aromatic rings. The van der Waals surface area contributed by atoms with Crippen LogP contribution < -0.4 is 12.4 Å². The monoisotopic (exact) mass is 358 g/mol. The summed E-state index contributed by atoms with van der Waals surface area (Å²) in [7, 11) is -7.42. The van der Waals surface area contributed by atoms with E-state index in [-0.39, 0.29) is 35.5 Å². The largest absolute Gasteiger partial charge is 2.00 e. The van der Waals surface area contributed by atoms with E-state index in [1.54, 1.807) is 0 Å². The van der Waals surface area contributed by atoms with Crippen LogP contribution in [0.4, 0.5) is 39.5 Å². The van der Waals surface area contributed by atoms with Gasteiger partial charge in [-0.25, -0.2) is 8.42 Å². The molecule has 0 rings (SSSR count). The summed E-state index contributed by atoms with van der Waals surface area (Å²) in [4.78, 5) is 0. The molecular formula is C4ClF9MgO3S. The van der Waals surface area contributed by atoms with Crippen LogP contribution in [0.15, 0.2) is 0 Å². The van der Waals surface area contributed by atoms with Gasteiger partial charge in [0.05, 0.1) is 0 Å². The summed E-state index contributed by atoms with van der Waals surface area (Å²) in [5.41, 5.74) is 0. The summed E-state index contributed by atoms with van der Waals surface area (Å²) in [5, 5.41) is -7.11. The van der Waals surface area contributed by atoms with Crippen LogP contribution in [0.3, 0.4) is 0 Å². The van der Waals surface area contributed by atoms with Crippen LogP contribution in [0.25, 0.3) is 0 Å². The molecule has 0 N–H and O–H groups in total. The van der Waals surface area contributed by atoms with Crippen molar-refractivity contribution >= 4 is 33.2 Å². The van der Waals surface area contributed by atoms with Crippen LogP contribution in [0.2, 0.25) is 0 Å². The molecule has 0 amide bonds. The molecule has 0 radical (unpaired) electrons. The smallest absolute Gasteiger partial charge is 1.00 e. The van der Waals surface area contributed by atoms with Crippen LogP contribution in [-0.2, 0) is 10.1 Å². The van der Waals surface area contributed by atoms with Gasteiger partial charge >= 0.3 is 46.3 Å². The number of rotatable bonds is 3. The van der Waals surface area contributed by atoms with Crippen molar-refractivity contribution in [2.75, 3.05) is 0 Å². The summed E-state index contributed by atoms with van der Waals surface area (Å²) < 4.78 is 135. The molecule has 0 aromatic carbocycles. The molecule has 0 fully saturated rings. The molecule has 0 saturated carbocycles. The second-order valence-electron chi connectivity index (χ2n) is 2.62. The van der Waals surface area contributed by atoms with Crippen molar-refractivity contribution in [1.82, 2.24) is 0 Å². The minimum Gasteiger partial charge on any atom is -1.00 e. The molecule has 0 aliphatic heterocycles. The van der Waals surface area contributed by atoms with Gasteiger partial charge in [-0.05, 0) is 0 Å². The fraction of sp³-hybridized carbons (Fsp3) is 1.00. The summed E-state index contributed by atoms with van der Waals surface area (Å²) in [5.74, 6) is -14.8. The van der Waals surface area contributed by atoms with Gasteiger partial charge in [0.2, 0.25) is 0 Å².